The third-order valence-corrected chi connectivity index (χ3v) is 5.80. The van der Waals surface area contributed by atoms with Crippen molar-refractivity contribution < 1.29 is 23.8 Å². The van der Waals surface area contributed by atoms with Gasteiger partial charge in [0.1, 0.15) is 17.2 Å². The van der Waals surface area contributed by atoms with Crippen LogP contribution in [0.15, 0.2) is 18.2 Å². The van der Waals surface area contributed by atoms with Crippen molar-refractivity contribution in [3.63, 3.8) is 0 Å². The zero-order valence-corrected chi connectivity index (χ0v) is 18.3. The first-order valence-corrected chi connectivity index (χ1v) is 10.6. The summed E-state index contributed by atoms with van der Waals surface area (Å²) in [6, 6.07) is 5.62. The summed E-state index contributed by atoms with van der Waals surface area (Å²) in [5.74, 6) is 1.04. The van der Waals surface area contributed by atoms with Gasteiger partial charge in [-0.2, -0.15) is 0 Å². The molecule has 1 N–H and O–H groups in total. The van der Waals surface area contributed by atoms with Crippen molar-refractivity contribution in [3.8, 4) is 11.5 Å². The molecule has 3 rings (SSSR count). The van der Waals surface area contributed by atoms with Gasteiger partial charge >= 0.3 is 5.97 Å². The summed E-state index contributed by atoms with van der Waals surface area (Å²) >= 11 is 0. The smallest absolute Gasteiger partial charge is 0.355 e. The highest BCUT2D eigenvalue weighted by Crippen LogP contribution is 2.40. The monoisotopic (exact) mass is 413 g/mol. The maximum Gasteiger partial charge on any atom is 0.355 e. The van der Waals surface area contributed by atoms with Crippen LogP contribution in [0, 0.1) is 6.92 Å². The molecular weight excluding hydrogens is 382 g/mol. The molecule has 0 fully saturated rings. The van der Waals surface area contributed by atoms with Gasteiger partial charge in [0, 0.05) is 29.2 Å². The van der Waals surface area contributed by atoms with Crippen LogP contribution in [0.3, 0.4) is 0 Å². The van der Waals surface area contributed by atoms with Crippen molar-refractivity contribution in [3.05, 3.63) is 46.3 Å². The van der Waals surface area contributed by atoms with Crippen molar-refractivity contribution >= 4 is 11.8 Å². The Labute approximate surface area is 177 Å². The molecule has 1 heterocycles. The third-order valence-electron chi connectivity index (χ3n) is 5.80. The number of aromatic nitrogens is 1. The van der Waals surface area contributed by atoms with E-state index >= 15 is 0 Å². The van der Waals surface area contributed by atoms with E-state index in [4.69, 9.17) is 14.2 Å². The number of carbonyl (C=O) groups excluding carboxylic acids is 2. The second-order valence-corrected chi connectivity index (χ2v) is 7.81. The van der Waals surface area contributed by atoms with Crippen LogP contribution in [0.1, 0.15) is 82.6 Å². The highest BCUT2D eigenvalue weighted by molar-refractivity contribution is 6.03. The van der Waals surface area contributed by atoms with Gasteiger partial charge in [0.15, 0.2) is 5.78 Å². The number of esters is 1. The van der Waals surface area contributed by atoms with E-state index in [0.29, 0.717) is 36.3 Å². The zero-order valence-electron chi connectivity index (χ0n) is 18.3. The van der Waals surface area contributed by atoms with Crippen LogP contribution in [0.4, 0.5) is 0 Å². The Hall–Kier alpha value is -2.76. The fraction of sp³-hybridized carbons (Fsp3) is 0.500. The molecule has 0 amide bonds. The lowest BCUT2D eigenvalue weighted by molar-refractivity contribution is 0.0490. The van der Waals surface area contributed by atoms with Crippen LogP contribution in [-0.4, -0.2) is 37.6 Å². The molecule has 1 aromatic heterocycles. The molecule has 0 bridgehead atoms. The van der Waals surface area contributed by atoms with Crippen molar-refractivity contribution in [2.45, 2.75) is 58.3 Å². The Bertz CT molecular complexity index is 915. The molecule has 1 aliphatic rings. The molecule has 6 heteroatoms. The summed E-state index contributed by atoms with van der Waals surface area (Å²) in [7, 11) is 3.24. The van der Waals surface area contributed by atoms with Gasteiger partial charge in [-0.1, -0.05) is 26.2 Å². The molecule has 0 radical (unpaired) electrons. The number of ether oxygens (including phenoxy) is 3. The van der Waals surface area contributed by atoms with Crippen LogP contribution in [0.25, 0.3) is 0 Å². The molecule has 1 aliphatic carbocycles. The minimum absolute atomic E-state index is 0.0295. The lowest BCUT2D eigenvalue weighted by Gasteiger charge is -2.24. The van der Waals surface area contributed by atoms with Gasteiger partial charge < -0.3 is 19.2 Å². The number of unbranched alkanes of at least 4 members (excludes halogenated alkanes) is 3. The van der Waals surface area contributed by atoms with E-state index in [9.17, 15) is 9.59 Å². The number of methoxy groups -OCH3 is 2. The number of ketones is 1. The number of nitrogens with one attached hydrogen (secondary N) is 1. The van der Waals surface area contributed by atoms with Gasteiger partial charge in [-0.3, -0.25) is 4.79 Å². The number of hydrogen-bond acceptors (Lipinski definition) is 5. The fourth-order valence-corrected chi connectivity index (χ4v) is 4.18. The summed E-state index contributed by atoms with van der Waals surface area (Å²) in [4.78, 5) is 28.7. The standard InChI is InChI=1S/C24H31NO5/c1-5-6-7-8-11-30-24(27)23-15(2)22-19(25-23)12-16(13-20(22)26)18-14-17(28-3)9-10-21(18)29-4/h9-10,14,16,25H,5-8,11-13H2,1-4H3. The lowest BCUT2D eigenvalue weighted by Crippen LogP contribution is -2.19. The van der Waals surface area contributed by atoms with Gasteiger partial charge in [0.25, 0.3) is 0 Å². The lowest BCUT2D eigenvalue weighted by atomic mass is 9.81. The molecule has 6 nitrogen and oxygen atoms in total. The number of rotatable bonds is 9. The van der Waals surface area contributed by atoms with Crippen LogP contribution in [0.2, 0.25) is 0 Å². The van der Waals surface area contributed by atoms with Crippen LogP contribution < -0.4 is 9.47 Å². The summed E-state index contributed by atoms with van der Waals surface area (Å²) in [6.07, 6.45) is 5.16. The number of Topliss-reactive ketones (excluding diaryl/α,β-unsaturated/α-hetero) is 1. The van der Waals surface area contributed by atoms with E-state index in [-0.39, 0.29) is 17.7 Å². The highest BCUT2D eigenvalue weighted by atomic mass is 16.5. The highest BCUT2D eigenvalue weighted by Gasteiger charge is 2.33. The number of hydrogen-bond donors (Lipinski definition) is 1. The fourth-order valence-electron chi connectivity index (χ4n) is 4.18. The average Bonchev–Trinajstić information content (AvgIpc) is 3.09. The third kappa shape index (κ3) is 4.53. The van der Waals surface area contributed by atoms with Crippen LogP contribution >= 0.6 is 0 Å². The van der Waals surface area contributed by atoms with Crippen molar-refractivity contribution in [2.24, 2.45) is 0 Å². The SMILES string of the molecule is CCCCCCOC(=O)c1[nH]c2c(c1C)C(=O)CC(c1cc(OC)ccc1OC)C2. The van der Waals surface area contributed by atoms with Crippen molar-refractivity contribution in [2.75, 3.05) is 20.8 Å². The molecule has 0 aliphatic heterocycles. The minimum atomic E-state index is -0.387. The Balaban J connectivity index is 1.80. The summed E-state index contributed by atoms with van der Waals surface area (Å²) < 4.78 is 16.3. The molecule has 0 saturated carbocycles. The second kappa shape index (κ2) is 9.83. The van der Waals surface area contributed by atoms with Gasteiger partial charge in [0.2, 0.25) is 0 Å². The first-order chi connectivity index (χ1) is 14.5. The number of carbonyl (C=O) groups is 2. The van der Waals surface area contributed by atoms with Crippen molar-refractivity contribution in [1.29, 1.82) is 0 Å². The number of aromatic amines is 1. The molecule has 1 aromatic carbocycles. The molecule has 1 unspecified atom stereocenters. The predicted molar refractivity (Wildman–Crippen MR) is 115 cm³/mol. The van der Waals surface area contributed by atoms with Gasteiger partial charge in [0.05, 0.1) is 20.8 Å². The van der Waals surface area contributed by atoms with E-state index in [0.717, 1.165) is 48.4 Å². The largest absolute Gasteiger partial charge is 0.497 e. The Morgan fingerprint density at radius 2 is 1.93 bits per heavy atom. The summed E-state index contributed by atoms with van der Waals surface area (Å²) in [5, 5.41) is 0. The summed E-state index contributed by atoms with van der Waals surface area (Å²) in [6.45, 7) is 4.36. The molecule has 2 aromatic rings. The predicted octanol–water partition coefficient (Wildman–Crippen LogP) is 4.99. The molecular formula is C24H31NO5. The van der Waals surface area contributed by atoms with E-state index in [1.165, 1.54) is 0 Å². The topological polar surface area (TPSA) is 77.6 Å². The molecule has 1 atom stereocenters. The average molecular weight is 414 g/mol. The second-order valence-electron chi connectivity index (χ2n) is 7.81. The van der Waals surface area contributed by atoms with Crippen molar-refractivity contribution in [1.82, 2.24) is 4.98 Å². The van der Waals surface area contributed by atoms with Gasteiger partial charge in [-0.25, -0.2) is 4.79 Å². The quantitative estimate of drug-likeness (QED) is 0.463. The van der Waals surface area contributed by atoms with Gasteiger partial charge in [-0.15, -0.1) is 0 Å². The van der Waals surface area contributed by atoms with Gasteiger partial charge in [-0.05, 0) is 43.5 Å². The van der Waals surface area contributed by atoms with E-state index in [1.54, 1.807) is 14.2 Å². The van der Waals surface area contributed by atoms with E-state index in [1.807, 2.05) is 25.1 Å². The molecule has 0 spiro atoms. The normalized spacial score (nSPS) is 15.6. The maximum absolute atomic E-state index is 13.0. The number of H-pyrrole nitrogens is 1. The minimum Gasteiger partial charge on any atom is -0.497 e. The van der Waals surface area contributed by atoms with Crippen LogP contribution in [-0.2, 0) is 11.2 Å². The number of benzene rings is 1. The summed E-state index contributed by atoms with van der Waals surface area (Å²) in [5.41, 5.74) is 3.43. The Morgan fingerprint density at radius 1 is 1.13 bits per heavy atom. The molecule has 30 heavy (non-hydrogen) atoms. The number of fused-ring (bicyclic) bond motifs is 1. The van der Waals surface area contributed by atoms with Crippen LogP contribution in [0.5, 0.6) is 11.5 Å². The Morgan fingerprint density at radius 3 is 2.63 bits per heavy atom. The first kappa shape index (κ1) is 21.9. The van der Waals surface area contributed by atoms with E-state index in [2.05, 4.69) is 11.9 Å². The first-order valence-electron chi connectivity index (χ1n) is 10.6. The zero-order chi connectivity index (χ0) is 21.7. The molecule has 0 saturated heterocycles. The maximum atomic E-state index is 13.0. The Kier molecular flexibility index (Phi) is 7.19. The van der Waals surface area contributed by atoms with E-state index < -0.39 is 0 Å². The molecule has 162 valence electrons.